The van der Waals surface area contributed by atoms with Crippen LogP contribution < -0.4 is 23.6 Å². The van der Waals surface area contributed by atoms with Gasteiger partial charge in [0.15, 0.2) is 9.84 Å². The third kappa shape index (κ3) is 7.50. The van der Waals surface area contributed by atoms with Gasteiger partial charge in [-0.15, -0.1) is 0 Å². The number of anilines is 1. The topological polar surface area (TPSA) is 149 Å². The van der Waals surface area contributed by atoms with Crippen LogP contribution in [0.15, 0.2) is 35.7 Å². The summed E-state index contributed by atoms with van der Waals surface area (Å²) in [7, 11) is -3.41. The maximum atomic E-state index is 13.1. The molecule has 38 heavy (non-hydrogen) atoms. The number of sulfone groups is 1. The standard InChI is InChI=1S/C25H34NO10PS/c1-7-18(8-2)25(27)26(37(28,29)30)21-13-17(9-10-22(21)34-4)16-38(31,32)12-11-20-23(35-5)14-19(33-3)15-24(20)36-6/h9-15,18H,7-8,16H2,1-6H3,(H2,28,29,30). The van der Waals surface area contributed by atoms with Gasteiger partial charge in [-0.3, -0.25) is 4.79 Å². The zero-order chi connectivity index (χ0) is 28.7. The number of carbonyl (C=O) groups is 1. The molecule has 2 N–H and O–H groups in total. The highest BCUT2D eigenvalue weighted by molar-refractivity contribution is 7.93. The number of hydrogen-bond donors (Lipinski definition) is 2. The van der Waals surface area contributed by atoms with E-state index in [1.165, 1.54) is 52.7 Å². The Hall–Kier alpha value is -3.05. The van der Waals surface area contributed by atoms with Crippen LogP contribution in [0.1, 0.15) is 37.8 Å². The molecule has 210 valence electrons. The third-order valence-corrected chi connectivity index (χ3v) is 8.06. The van der Waals surface area contributed by atoms with Crippen LogP contribution in [0.5, 0.6) is 23.0 Å². The Morgan fingerprint density at radius 1 is 0.947 bits per heavy atom. The van der Waals surface area contributed by atoms with Gasteiger partial charge in [-0.1, -0.05) is 19.9 Å². The van der Waals surface area contributed by atoms with Crippen molar-refractivity contribution in [1.29, 1.82) is 0 Å². The molecule has 0 heterocycles. The number of nitrogens with zero attached hydrogens (tertiary/aromatic N) is 1. The van der Waals surface area contributed by atoms with Crippen LogP contribution >= 0.6 is 7.75 Å². The van der Waals surface area contributed by atoms with Crippen LogP contribution in [-0.2, 0) is 24.9 Å². The zero-order valence-electron chi connectivity index (χ0n) is 22.2. The van der Waals surface area contributed by atoms with Crippen LogP contribution in [-0.4, -0.2) is 52.6 Å². The van der Waals surface area contributed by atoms with Gasteiger partial charge in [0.25, 0.3) is 0 Å². The van der Waals surface area contributed by atoms with E-state index in [1.54, 1.807) is 26.0 Å². The predicted molar refractivity (Wildman–Crippen MR) is 144 cm³/mol. The Kier molecular flexibility index (Phi) is 10.8. The van der Waals surface area contributed by atoms with E-state index in [9.17, 15) is 27.6 Å². The summed E-state index contributed by atoms with van der Waals surface area (Å²) >= 11 is 0. The Bertz CT molecular complexity index is 1290. The lowest BCUT2D eigenvalue weighted by molar-refractivity contribution is -0.121. The fourth-order valence-corrected chi connectivity index (χ4v) is 5.78. The van der Waals surface area contributed by atoms with E-state index in [1.807, 2.05) is 0 Å². The predicted octanol–water partition coefficient (Wildman–Crippen LogP) is 4.17. The molecule has 0 aliphatic heterocycles. The quantitative estimate of drug-likeness (QED) is 0.336. The highest BCUT2D eigenvalue weighted by Crippen LogP contribution is 2.49. The Balaban J connectivity index is 2.51. The van der Waals surface area contributed by atoms with E-state index >= 15 is 0 Å². The van der Waals surface area contributed by atoms with Gasteiger partial charge in [0, 0.05) is 23.5 Å². The van der Waals surface area contributed by atoms with Crippen LogP contribution in [0, 0.1) is 5.92 Å². The van der Waals surface area contributed by atoms with Crippen LogP contribution in [0.3, 0.4) is 0 Å². The molecule has 0 saturated heterocycles. The number of ether oxygens (including phenoxy) is 4. The van der Waals surface area contributed by atoms with Crippen LogP contribution in [0.25, 0.3) is 6.08 Å². The first-order chi connectivity index (χ1) is 17.8. The minimum Gasteiger partial charge on any atom is -0.496 e. The second-order valence-corrected chi connectivity index (χ2v) is 11.6. The van der Waals surface area contributed by atoms with Crippen molar-refractivity contribution in [3.8, 4) is 23.0 Å². The monoisotopic (exact) mass is 571 g/mol. The van der Waals surface area contributed by atoms with Crippen LogP contribution in [0.2, 0.25) is 0 Å². The van der Waals surface area contributed by atoms with Gasteiger partial charge in [0.1, 0.15) is 23.0 Å². The van der Waals surface area contributed by atoms with Crippen LogP contribution in [0.4, 0.5) is 5.69 Å². The molecule has 2 aromatic rings. The number of methoxy groups -OCH3 is 4. The SMILES string of the molecule is CCC(CC)C(=O)N(c1cc(CS(=O)(=O)C=Cc2c(OC)cc(OC)cc2OC)ccc1OC)P(=O)(O)O. The molecule has 0 spiro atoms. The van der Waals surface area contributed by atoms with E-state index in [4.69, 9.17) is 18.9 Å². The molecule has 2 rings (SSSR count). The minimum atomic E-state index is -5.12. The van der Waals surface area contributed by atoms with E-state index < -0.39 is 35.2 Å². The molecule has 0 bridgehead atoms. The first kappa shape index (κ1) is 31.2. The van der Waals surface area contributed by atoms with E-state index in [2.05, 4.69) is 0 Å². The summed E-state index contributed by atoms with van der Waals surface area (Å²) in [5, 5.41) is 0.986. The molecule has 0 aromatic heterocycles. The zero-order valence-corrected chi connectivity index (χ0v) is 23.9. The summed E-state index contributed by atoms with van der Waals surface area (Å²) < 4.78 is 59.9. The van der Waals surface area contributed by atoms with Crippen molar-refractivity contribution in [2.24, 2.45) is 5.92 Å². The van der Waals surface area contributed by atoms with Crippen molar-refractivity contribution in [3.05, 3.63) is 46.9 Å². The largest absolute Gasteiger partial charge is 0.496 e. The fourth-order valence-electron chi connectivity index (χ4n) is 3.84. The third-order valence-electron chi connectivity index (χ3n) is 5.84. The molecule has 0 unspecified atom stereocenters. The molecular weight excluding hydrogens is 537 g/mol. The molecule has 2 aromatic carbocycles. The lowest BCUT2D eigenvalue weighted by atomic mass is 10.0. The van der Waals surface area contributed by atoms with Gasteiger partial charge in [0.2, 0.25) is 5.91 Å². The average Bonchev–Trinajstić information content (AvgIpc) is 2.86. The number of hydrogen-bond acceptors (Lipinski definition) is 8. The van der Waals surface area contributed by atoms with Crippen molar-refractivity contribution < 1.29 is 46.5 Å². The second-order valence-electron chi connectivity index (χ2n) is 8.24. The van der Waals surface area contributed by atoms with E-state index in [-0.39, 0.29) is 17.0 Å². The normalized spacial score (nSPS) is 12.0. The molecule has 0 aliphatic rings. The molecule has 0 aliphatic carbocycles. The summed E-state index contributed by atoms with van der Waals surface area (Å²) in [5.41, 5.74) is 0.348. The Morgan fingerprint density at radius 2 is 1.50 bits per heavy atom. The summed E-state index contributed by atoms with van der Waals surface area (Å²) in [6, 6.07) is 7.21. The summed E-state index contributed by atoms with van der Waals surface area (Å²) in [5.74, 6) is -0.806. The molecule has 11 nitrogen and oxygen atoms in total. The maximum absolute atomic E-state index is 13.1. The molecular formula is C25H34NO10PS. The summed E-state index contributed by atoms with van der Waals surface area (Å²) in [6.45, 7) is 3.48. The number of amides is 1. The van der Waals surface area contributed by atoms with Gasteiger partial charge in [-0.25, -0.2) is 17.7 Å². The Labute approximate surface area is 223 Å². The van der Waals surface area contributed by atoms with Crippen molar-refractivity contribution in [2.75, 3.05) is 33.1 Å². The number of benzene rings is 2. The van der Waals surface area contributed by atoms with Gasteiger partial charge in [0.05, 0.1) is 45.4 Å². The molecule has 13 heteroatoms. The van der Waals surface area contributed by atoms with Crippen molar-refractivity contribution in [1.82, 2.24) is 0 Å². The smallest absolute Gasteiger partial charge is 0.436 e. The molecule has 0 fully saturated rings. The van der Waals surface area contributed by atoms with Crippen molar-refractivity contribution >= 4 is 35.3 Å². The molecule has 1 amide bonds. The van der Waals surface area contributed by atoms with Crippen molar-refractivity contribution in [2.45, 2.75) is 32.4 Å². The lowest BCUT2D eigenvalue weighted by Crippen LogP contribution is -2.33. The van der Waals surface area contributed by atoms with Gasteiger partial charge >= 0.3 is 7.75 Å². The van der Waals surface area contributed by atoms with Gasteiger partial charge in [-0.2, -0.15) is 0 Å². The average molecular weight is 572 g/mol. The number of carbonyl (C=O) groups excluding carboxylic acids is 1. The maximum Gasteiger partial charge on any atom is 0.436 e. The first-order valence-corrected chi connectivity index (χ1v) is 14.9. The highest BCUT2D eigenvalue weighted by Gasteiger charge is 2.37. The molecule has 0 radical (unpaired) electrons. The second kappa shape index (κ2) is 13.1. The van der Waals surface area contributed by atoms with Crippen molar-refractivity contribution in [3.63, 3.8) is 0 Å². The van der Waals surface area contributed by atoms with Gasteiger partial charge in [-0.05, 0) is 36.6 Å². The van der Waals surface area contributed by atoms with E-state index in [0.717, 1.165) is 5.41 Å². The molecule has 0 atom stereocenters. The lowest BCUT2D eigenvalue weighted by Gasteiger charge is -2.28. The van der Waals surface area contributed by atoms with Gasteiger partial charge < -0.3 is 28.7 Å². The van der Waals surface area contributed by atoms with E-state index in [0.29, 0.717) is 40.3 Å². The number of rotatable bonds is 13. The fraction of sp³-hybridized carbons (Fsp3) is 0.400. The summed E-state index contributed by atoms with van der Waals surface area (Å²) in [6.07, 6.45) is 2.06. The Morgan fingerprint density at radius 3 is 1.95 bits per heavy atom. The first-order valence-electron chi connectivity index (χ1n) is 11.6. The summed E-state index contributed by atoms with van der Waals surface area (Å²) in [4.78, 5) is 33.1. The molecule has 0 saturated carbocycles. The minimum absolute atomic E-state index is 0.0111. The highest BCUT2D eigenvalue weighted by atomic mass is 32.2.